The molecule has 4 rings (SSSR count). The molecule has 6 heteroatoms. The van der Waals surface area contributed by atoms with Crippen LogP contribution in [-0.4, -0.2) is 37.2 Å². The smallest absolute Gasteiger partial charge is 0.338 e. The minimum atomic E-state index is -0.948. The molecule has 0 spiro atoms. The molecule has 0 fully saturated rings. The van der Waals surface area contributed by atoms with E-state index in [1.165, 1.54) is 14.2 Å². The number of carbonyl (C=O) groups excluding carboxylic acids is 2. The summed E-state index contributed by atoms with van der Waals surface area (Å²) in [5.74, 6) is -1.10. The van der Waals surface area contributed by atoms with Crippen molar-refractivity contribution in [3.8, 4) is 0 Å². The third kappa shape index (κ3) is 2.57. The lowest BCUT2D eigenvalue weighted by Gasteiger charge is -2.35. The fourth-order valence-corrected chi connectivity index (χ4v) is 3.53. The summed E-state index contributed by atoms with van der Waals surface area (Å²) in [5, 5.41) is 3.56. The lowest BCUT2D eigenvalue weighted by atomic mass is 9.96. The van der Waals surface area contributed by atoms with Crippen LogP contribution in [-0.2, 0) is 19.1 Å². The molecule has 2 heterocycles. The lowest BCUT2D eigenvalue weighted by Crippen LogP contribution is -2.46. The van der Waals surface area contributed by atoms with Crippen molar-refractivity contribution >= 4 is 29.4 Å². The number of nitrogens with zero attached hydrogens (tertiary/aromatic N) is 2. The summed E-state index contributed by atoms with van der Waals surface area (Å²) in [5.41, 5.74) is 3.45. The van der Waals surface area contributed by atoms with Crippen LogP contribution >= 0.6 is 0 Å². The molecule has 0 amide bonds. The Kier molecular flexibility index (Phi) is 4.16. The van der Waals surface area contributed by atoms with E-state index < -0.39 is 18.0 Å². The standard InChI is InChI=1S/C21H18N2O4/c1-26-20(24)17-18-16-11-7-6-8-14(16)12-13-22(18)23(19(17)21(25)27-2)15-9-4-3-5-10-15/h3-13,19H,1-2H3. The zero-order chi connectivity index (χ0) is 19.0. The summed E-state index contributed by atoms with van der Waals surface area (Å²) in [6.45, 7) is 0. The molecule has 0 N–H and O–H groups in total. The molecule has 27 heavy (non-hydrogen) atoms. The predicted molar refractivity (Wildman–Crippen MR) is 101 cm³/mol. The number of benzene rings is 2. The summed E-state index contributed by atoms with van der Waals surface area (Å²) in [4.78, 5) is 25.4. The first kappa shape index (κ1) is 16.9. The van der Waals surface area contributed by atoms with Crippen LogP contribution in [0.3, 0.4) is 0 Å². The molecule has 136 valence electrons. The van der Waals surface area contributed by atoms with Crippen molar-refractivity contribution in [1.29, 1.82) is 0 Å². The fraction of sp³-hybridized carbons (Fsp3) is 0.143. The largest absolute Gasteiger partial charge is 0.467 e. The second-order valence-corrected chi connectivity index (χ2v) is 6.11. The van der Waals surface area contributed by atoms with E-state index in [1.807, 2.05) is 71.9 Å². The third-order valence-electron chi connectivity index (χ3n) is 4.70. The Labute approximate surface area is 156 Å². The highest BCUT2D eigenvalue weighted by molar-refractivity contribution is 6.09. The van der Waals surface area contributed by atoms with Gasteiger partial charge in [0.25, 0.3) is 0 Å². The molecule has 6 nitrogen and oxygen atoms in total. The Balaban J connectivity index is 1.99. The molecule has 1 unspecified atom stereocenters. The highest BCUT2D eigenvalue weighted by Gasteiger charge is 2.48. The van der Waals surface area contributed by atoms with Crippen molar-refractivity contribution in [3.05, 3.63) is 77.5 Å². The monoisotopic (exact) mass is 362 g/mol. The third-order valence-corrected chi connectivity index (χ3v) is 4.70. The molecular formula is C21H18N2O4. The van der Waals surface area contributed by atoms with E-state index in [0.717, 1.165) is 16.8 Å². The minimum absolute atomic E-state index is 0.255. The van der Waals surface area contributed by atoms with Gasteiger partial charge in [-0.2, -0.15) is 0 Å². The Bertz CT molecular complexity index is 965. The zero-order valence-electron chi connectivity index (χ0n) is 15.0. The van der Waals surface area contributed by atoms with Crippen LogP contribution in [0.15, 0.2) is 66.4 Å². The van der Waals surface area contributed by atoms with Gasteiger partial charge in [0.05, 0.1) is 31.2 Å². The predicted octanol–water partition coefficient (Wildman–Crippen LogP) is 2.83. The maximum absolute atomic E-state index is 12.7. The van der Waals surface area contributed by atoms with Gasteiger partial charge in [0.15, 0.2) is 6.04 Å². The van der Waals surface area contributed by atoms with Crippen LogP contribution in [0.5, 0.6) is 0 Å². The SMILES string of the molecule is COC(=O)C1=C2c3ccccc3C=CN2N(c2ccccc2)C1C(=O)OC. The molecule has 2 aliphatic heterocycles. The summed E-state index contributed by atoms with van der Waals surface area (Å²) >= 11 is 0. The van der Waals surface area contributed by atoms with Gasteiger partial charge < -0.3 is 9.47 Å². The number of para-hydroxylation sites is 1. The Morgan fingerprint density at radius 1 is 0.926 bits per heavy atom. The van der Waals surface area contributed by atoms with E-state index in [2.05, 4.69) is 0 Å². The van der Waals surface area contributed by atoms with E-state index in [9.17, 15) is 9.59 Å². The number of hydrogen-bond acceptors (Lipinski definition) is 6. The molecule has 0 bridgehead atoms. The van der Waals surface area contributed by atoms with Gasteiger partial charge in [-0.15, -0.1) is 0 Å². The first-order valence-corrected chi connectivity index (χ1v) is 8.48. The average Bonchev–Trinajstić information content (AvgIpc) is 3.08. The van der Waals surface area contributed by atoms with Crippen molar-refractivity contribution < 1.29 is 19.1 Å². The molecule has 0 saturated heterocycles. The zero-order valence-corrected chi connectivity index (χ0v) is 15.0. The number of carbonyl (C=O) groups is 2. The van der Waals surface area contributed by atoms with Gasteiger partial charge in [-0.05, 0) is 23.8 Å². The number of hydrazine groups is 1. The summed E-state index contributed by atoms with van der Waals surface area (Å²) in [7, 11) is 2.62. The van der Waals surface area contributed by atoms with Crippen LogP contribution in [0.1, 0.15) is 11.1 Å². The lowest BCUT2D eigenvalue weighted by molar-refractivity contribution is -0.144. The minimum Gasteiger partial charge on any atom is -0.467 e. The number of esters is 2. The first-order chi connectivity index (χ1) is 13.2. The maximum atomic E-state index is 12.7. The quantitative estimate of drug-likeness (QED) is 0.783. The van der Waals surface area contributed by atoms with E-state index in [4.69, 9.17) is 9.47 Å². The van der Waals surface area contributed by atoms with Crippen molar-refractivity contribution in [2.75, 3.05) is 19.2 Å². The van der Waals surface area contributed by atoms with Crippen LogP contribution in [0.4, 0.5) is 5.69 Å². The topological polar surface area (TPSA) is 59.1 Å². The van der Waals surface area contributed by atoms with Crippen molar-refractivity contribution in [2.45, 2.75) is 6.04 Å². The van der Waals surface area contributed by atoms with Gasteiger partial charge in [0.1, 0.15) is 0 Å². The fourth-order valence-electron chi connectivity index (χ4n) is 3.53. The van der Waals surface area contributed by atoms with Gasteiger partial charge in [-0.25, -0.2) is 9.59 Å². The van der Waals surface area contributed by atoms with Crippen LogP contribution in [0.25, 0.3) is 11.8 Å². The molecule has 0 aliphatic carbocycles. The summed E-state index contributed by atoms with van der Waals surface area (Å²) in [6.07, 6.45) is 3.79. The van der Waals surface area contributed by atoms with E-state index in [1.54, 1.807) is 5.01 Å². The Hall–Kier alpha value is -3.54. The molecule has 0 radical (unpaired) electrons. The van der Waals surface area contributed by atoms with Crippen molar-refractivity contribution in [3.63, 3.8) is 0 Å². The summed E-state index contributed by atoms with van der Waals surface area (Å²) < 4.78 is 10.1. The molecule has 1 atom stereocenters. The number of fused-ring (bicyclic) bond motifs is 3. The van der Waals surface area contributed by atoms with Crippen LogP contribution < -0.4 is 5.01 Å². The van der Waals surface area contributed by atoms with E-state index in [0.29, 0.717) is 5.70 Å². The number of rotatable bonds is 3. The van der Waals surface area contributed by atoms with Crippen LogP contribution in [0.2, 0.25) is 0 Å². The second-order valence-electron chi connectivity index (χ2n) is 6.11. The molecular weight excluding hydrogens is 344 g/mol. The summed E-state index contributed by atoms with van der Waals surface area (Å²) in [6, 6.07) is 16.2. The van der Waals surface area contributed by atoms with Crippen molar-refractivity contribution in [2.24, 2.45) is 0 Å². The Morgan fingerprint density at radius 2 is 1.63 bits per heavy atom. The number of ether oxygens (including phenoxy) is 2. The molecule has 2 aromatic carbocycles. The number of hydrogen-bond donors (Lipinski definition) is 0. The van der Waals surface area contributed by atoms with Gasteiger partial charge >= 0.3 is 11.9 Å². The number of methoxy groups -OCH3 is 2. The molecule has 2 aromatic rings. The highest BCUT2D eigenvalue weighted by Crippen LogP contribution is 2.43. The normalized spacial score (nSPS) is 17.5. The highest BCUT2D eigenvalue weighted by atomic mass is 16.5. The maximum Gasteiger partial charge on any atom is 0.338 e. The van der Waals surface area contributed by atoms with E-state index >= 15 is 0 Å². The first-order valence-electron chi connectivity index (χ1n) is 8.48. The van der Waals surface area contributed by atoms with E-state index in [-0.39, 0.29) is 5.57 Å². The van der Waals surface area contributed by atoms with Crippen LogP contribution in [0, 0.1) is 0 Å². The van der Waals surface area contributed by atoms with Gasteiger partial charge in [0, 0.05) is 11.8 Å². The van der Waals surface area contributed by atoms with Gasteiger partial charge in [-0.1, -0.05) is 42.5 Å². The molecule has 2 aliphatic rings. The van der Waals surface area contributed by atoms with Crippen molar-refractivity contribution in [1.82, 2.24) is 5.01 Å². The number of anilines is 1. The average molecular weight is 362 g/mol. The van der Waals surface area contributed by atoms with Gasteiger partial charge in [0.2, 0.25) is 0 Å². The molecule has 0 saturated carbocycles. The molecule has 0 aromatic heterocycles. The Morgan fingerprint density at radius 3 is 2.33 bits per heavy atom. The second kappa shape index (κ2) is 6.64. The van der Waals surface area contributed by atoms with Gasteiger partial charge in [-0.3, -0.25) is 10.0 Å².